The summed E-state index contributed by atoms with van der Waals surface area (Å²) in [5.74, 6) is 1.36. The molecule has 0 aromatic heterocycles. The van der Waals surface area contributed by atoms with Crippen molar-refractivity contribution in [1.82, 2.24) is 5.32 Å². The van der Waals surface area contributed by atoms with Gasteiger partial charge in [-0.2, -0.15) is 0 Å². The van der Waals surface area contributed by atoms with Crippen LogP contribution in [-0.2, 0) is 9.59 Å². The van der Waals surface area contributed by atoms with E-state index >= 15 is 0 Å². The quantitative estimate of drug-likeness (QED) is 0.412. The first-order valence-corrected chi connectivity index (χ1v) is 9.52. The molecule has 146 valence electrons. The zero-order valence-electron chi connectivity index (χ0n) is 15.2. The zero-order chi connectivity index (χ0) is 21.1. The van der Waals surface area contributed by atoms with E-state index in [0.717, 1.165) is 10.5 Å². The van der Waals surface area contributed by atoms with Crippen LogP contribution in [0.1, 0.15) is 11.1 Å². The summed E-state index contributed by atoms with van der Waals surface area (Å²) in [5, 5.41) is 2.57. The van der Waals surface area contributed by atoms with E-state index in [4.69, 9.17) is 22.8 Å². The maximum atomic E-state index is 12.9. The summed E-state index contributed by atoms with van der Waals surface area (Å²) < 4.78 is 5.97. The maximum Gasteiger partial charge on any atom is 0.335 e. The lowest BCUT2D eigenvalue weighted by Crippen LogP contribution is -2.54. The van der Waals surface area contributed by atoms with Crippen molar-refractivity contribution >= 4 is 57.1 Å². The van der Waals surface area contributed by atoms with Gasteiger partial charge in [-0.15, -0.1) is 6.42 Å². The molecule has 0 bridgehead atoms. The molecule has 2 aromatic carbocycles. The smallest absolute Gasteiger partial charge is 0.335 e. The number of hydrogen-bond acceptors (Lipinski definition) is 4. The second-order valence-electron chi connectivity index (χ2n) is 6.07. The molecule has 8 heteroatoms. The predicted octanol–water partition coefficient (Wildman–Crippen LogP) is 4.09. The highest BCUT2D eigenvalue weighted by atomic mass is 79.9. The molecular formula is C21H14BrClN2O4. The molecule has 0 saturated carbocycles. The first-order chi connectivity index (χ1) is 13.8. The van der Waals surface area contributed by atoms with E-state index in [1.165, 1.54) is 12.1 Å². The average molecular weight is 474 g/mol. The number of anilines is 1. The Bertz CT molecular complexity index is 1100. The van der Waals surface area contributed by atoms with Crippen molar-refractivity contribution in [2.45, 2.75) is 6.92 Å². The molecule has 0 spiro atoms. The van der Waals surface area contributed by atoms with Crippen LogP contribution in [0.2, 0.25) is 5.02 Å². The van der Waals surface area contributed by atoms with Gasteiger partial charge in [0.15, 0.2) is 0 Å². The third-order valence-electron chi connectivity index (χ3n) is 4.09. The van der Waals surface area contributed by atoms with Gasteiger partial charge in [0.05, 0.1) is 10.2 Å². The fraction of sp³-hybridized carbons (Fsp3) is 0.0952. The van der Waals surface area contributed by atoms with Crippen molar-refractivity contribution in [3.63, 3.8) is 0 Å². The zero-order valence-corrected chi connectivity index (χ0v) is 17.5. The summed E-state index contributed by atoms with van der Waals surface area (Å²) in [6.45, 7) is 1.91. The van der Waals surface area contributed by atoms with Gasteiger partial charge in [0.2, 0.25) is 0 Å². The number of aryl methyl sites for hydroxylation is 1. The fourth-order valence-electron chi connectivity index (χ4n) is 2.62. The number of terminal acetylenes is 1. The van der Waals surface area contributed by atoms with E-state index in [1.807, 2.05) is 0 Å². The molecule has 1 fully saturated rings. The Morgan fingerprint density at radius 1 is 1.24 bits per heavy atom. The predicted molar refractivity (Wildman–Crippen MR) is 114 cm³/mol. The fourth-order valence-corrected chi connectivity index (χ4v) is 3.31. The lowest BCUT2D eigenvalue weighted by atomic mass is 10.1. The third-order valence-corrected chi connectivity index (χ3v) is 5.12. The largest absolute Gasteiger partial charge is 0.480 e. The lowest BCUT2D eigenvalue weighted by molar-refractivity contribution is -0.122. The molecule has 1 saturated heterocycles. The van der Waals surface area contributed by atoms with Crippen LogP contribution in [-0.4, -0.2) is 24.5 Å². The molecule has 29 heavy (non-hydrogen) atoms. The summed E-state index contributed by atoms with van der Waals surface area (Å²) in [7, 11) is 0. The van der Waals surface area contributed by atoms with Crippen LogP contribution in [0.25, 0.3) is 6.08 Å². The molecule has 3 rings (SSSR count). The highest BCUT2D eigenvalue weighted by Crippen LogP contribution is 2.29. The summed E-state index contributed by atoms with van der Waals surface area (Å²) >= 11 is 9.47. The summed E-state index contributed by atoms with van der Waals surface area (Å²) in [4.78, 5) is 38.3. The number of rotatable bonds is 4. The monoisotopic (exact) mass is 472 g/mol. The minimum atomic E-state index is -0.837. The SMILES string of the molecule is C#CCOc1ccc(/C=C2\C(=O)NC(=O)N(c3ccc(C)c(Cl)c3)C2=O)cc1Br. The van der Waals surface area contributed by atoms with Crippen molar-refractivity contribution in [2.24, 2.45) is 0 Å². The molecule has 4 amide bonds. The Morgan fingerprint density at radius 2 is 2.00 bits per heavy atom. The Balaban J connectivity index is 1.96. The number of halogens is 2. The van der Waals surface area contributed by atoms with Crippen LogP contribution in [0.5, 0.6) is 5.75 Å². The molecule has 1 heterocycles. The number of carbonyl (C=O) groups is 3. The van der Waals surface area contributed by atoms with Crippen LogP contribution >= 0.6 is 27.5 Å². The molecule has 2 aromatic rings. The molecule has 1 N–H and O–H groups in total. The Kier molecular flexibility index (Phi) is 6.06. The normalized spacial score (nSPS) is 15.3. The van der Waals surface area contributed by atoms with E-state index in [9.17, 15) is 14.4 Å². The topological polar surface area (TPSA) is 75.7 Å². The second kappa shape index (κ2) is 8.52. The van der Waals surface area contributed by atoms with Crippen LogP contribution in [0.15, 0.2) is 46.4 Å². The molecular weight excluding hydrogens is 460 g/mol. The average Bonchev–Trinajstić information content (AvgIpc) is 2.67. The Labute approximate surface area is 180 Å². The van der Waals surface area contributed by atoms with Crippen LogP contribution in [0.3, 0.4) is 0 Å². The summed E-state index contributed by atoms with van der Waals surface area (Å²) in [6, 6.07) is 8.91. The van der Waals surface area contributed by atoms with E-state index in [0.29, 0.717) is 20.8 Å². The number of amides is 4. The minimum Gasteiger partial charge on any atom is -0.480 e. The number of benzene rings is 2. The van der Waals surface area contributed by atoms with Crippen molar-refractivity contribution < 1.29 is 19.1 Å². The van der Waals surface area contributed by atoms with Gasteiger partial charge in [-0.05, 0) is 64.3 Å². The van der Waals surface area contributed by atoms with Crippen molar-refractivity contribution in [2.75, 3.05) is 11.5 Å². The number of carbonyl (C=O) groups excluding carboxylic acids is 3. The number of ether oxygens (including phenoxy) is 1. The first kappa shape index (κ1) is 20.6. The number of urea groups is 1. The summed E-state index contributed by atoms with van der Waals surface area (Å²) in [6.07, 6.45) is 6.57. The van der Waals surface area contributed by atoms with Crippen molar-refractivity contribution in [3.8, 4) is 18.1 Å². The van der Waals surface area contributed by atoms with Gasteiger partial charge in [-0.25, -0.2) is 9.69 Å². The van der Waals surface area contributed by atoms with E-state index in [-0.39, 0.29) is 17.9 Å². The maximum absolute atomic E-state index is 12.9. The highest BCUT2D eigenvalue weighted by molar-refractivity contribution is 9.10. The van der Waals surface area contributed by atoms with Crippen molar-refractivity contribution in [1.29, 1.82) is 0 Å². The first-order valence-electron chi connectivity index (χ1n) is 8.35. The van der Waals surface area contributed by atoms with Gasteiger partial charge in [0.25, 0.3) is 11.8 Å². The number of barbiturate groups is 1. The minimum absolute atomic E-state index is 0.107. The van der Waals surface area contributed by atoms with E-state index in [2.05, 4.69) is 27.2 Å². The van der Waals surface area contributed by atoms with Gasteiger partial charge in [-0.3, -0.25) is 14.9 Å². The molecule has 1 aliphatic heterocycles. The van der Waals surface area contributed by atoms with E-state index < -0.39 is 17.8 Å². The second-order valence-corrected chi connectivity index (χ2v) is 7.34. The number of hydrogen-bond donors (Lipinski definition) is 1. The molecule has 0 aliphatic carbocycles. The molecule has 0 unspecified atom stereocenters. The van der Waals surface area contributed by atoms with Crippen LogP contribution in [0, 0.1) is 19.3 Å². The molecule has 6 nitrogen and oxygen atoms in total. The molecule has 0 atom stereocenters. The summed E-state index contributed by atoms with van der Waals surface area (Å²) in [5.41, 5.74) is 1.43. The lowest BCUT2D eigenvalue weighted by Gasteiger charge is -2.26. The molecule has 0 radical (unpaired) electrons. The van der Waals surface area contributed by atoms with Crippen molar-refractivity contribution in [3.05, 3.63) is 62.6 Å². The molecule has 1 aliphatic rings. The number of nitrogens with zero attached hydrogens (tertiary/aromatic N) is 1. The number of nitrogens with one attached hydrogen (secondary N) is 1. The van der Waals surface area contributed by atoms with Crippen LogP contribution < -0.4 is 15.0 Å². The van der Waals surface area contributed by atoms with Crippen LogP contribution in [0.4, 0.5) is 10.5 Å². The van der Waals surface area contributed by atoms with E-state index in [1.54, 1.807) is 37.3 Å². The van der Waals surface area contributed by atoms with Gasteiger partial charge < -0.3 is 4.74 Å². The van der Waals surface area contributed by atoms with Gasteiger partial charge in [-0.1, -0.05) is 29.7 Å². The highest BCUT2D eigenvalue weighted by Gasteiger charge is 2.37. The van der Waals surface area contributed by atoms with Gasteiger partial charge >= 0.3 is 6.03 Å². The van der Waals surface area contributed by atoms with Gasteiger partial charge in [0, 0.05) is 5.02 Å². The number of imide groups is 2. The van der Waals surface area contributed by atoms with Gasteiger partial charge in [0.1, 0.15) is 17.9 Å². The Hall–Kier alpha value is -3.08. The third kappa shape index (κ3) is 4.34. The standard InChI is InChI=1S/C21H14BrClN2O4/c1-3-8-29-18-7-5-13(10-16(18)22)9-15-19(26)24-21(28)25(20(15)27)14-6-4-12(2)17(23)11-14/h1,4-7,9-11H,8H2,2H3,(H,24,26,28)/b15-9+. The Morgan fingerprint density at radius 3 is 2.66 bits per heavy atom.